The number of hydrogen-bond donors (Lipinski definition) is 0. The summed E-state index contributed by atoms with van der Waals surface area (Å²) in [5, 5.41) is 0. The van der Waals surface area contributed by atoms with Crippen molar-refractivity contribution in [2.24, 2.45) is 0 Å². The normalized spacial score (nSPS) is 15.1. The fourth-order valence-electron chi connectivity index (χ4n) is 4.10. The van der Waals surface area contributed by atoms with Crippen molar-refractivity contribution >= 4 is 51.2 Å². The van der Waals surface area contributed by atoms with Crippen molar-refractivity contribution in [3.63, 3.8) is 0 Å². The first-order valence-corrected chi connectivity index (χ1v) is 11.1. The Bertz CT molecular complexity index is 1210. The van der Waals surface area contributed by atoms with Gasteiger partial charge in [-0.15, -0.1) is 0 Å². The molecule has 0 bridgehead atoms. The standard InChI is InChI=1S/C23H21IN4O/c1-3-5-22(29)28(19-12-14(2)17(24)13-16(19)15-7-8-15)21-10-9-18-23(26-21)25-20-6-4-11-27(18)20/h9-10,12-13,15H,4,6-8,11H2,1-2H3. The average Bonchev–Trinajstić information content (AvgIpc) is 3.34. The van der Waals surface area contributed by atoms with Crippen LogP contribution in [0.15, 0.2) is 24.3 Å². The van der Waals surface area contributed by atoms with Crippen molar-refractivity contribution in [2.45, 2.75) is 52.0 Å². The van der Waals surface area contributed by atoms with Crippen molar-refractivity contribution in [1.82, 2.24) is 14.5 Å². The number of rotatable bonds is 3. The van der Waals surface area contributed by atoms with Crippen molar-refractivity contribution in [1.29, 1.82) is 0 Å². The van der Waals surface area contributed by atoms with Crippen LogP contribution in [0.5, 0.6) is 0 Å². The number of pyridine rings is 1. The molecule has 146 valence electrons. The Morgan fingerprint density at radius 2 is 2.10 bits per heavy atom. The SMILES string of the molecule is CC#CC(=O)N(c1ccc2c(n1)nc1n2CCC1)c1cc(C)c(I)cc1C1CC1. The molecule has 1 aliphatic heterocycles. The summed E-state index contributed by atoms with van der Waals surface area (Å²) in [6.07, 6.45) is 4.43. The molecule has 3 aromatic rings. The molecule has 0 saturated heterocycles. The van der Waals surface area contributed by atoms with E-state index in [1.165, 1.54) is 9.13 Å². The van der Waals surface area contributed by atoms with Crippen LogP contribution >= 0.6 is 22.6 Å². The molecule has 5 rings (SSSR count). The van der Waals surface area contributed by atoms with Gasteiger partial charge < -0.3 is 4.57 Å². The minimum Gasteiger partial charge on any atom is -0.327 e. The minimum absolute atomic E-state index is 0.256. The fraction of sp³-hybridized carbons (Fsp3) is 0.348. The second kappa shape index (κ2) is 7.13. The molecule has 2 aliphatic rings. The average molecular weight is 496 g/mol. The highest BCUT2D eigenvalue weighted by Crippen LogP contribution is 2.46. The number of halogens is 1. The van der Waals surface area contributed by atoms with E-state index in [1.54, 1.807) is 11.8 Å². The van der Waals surface area contributed by atoms with E-state index in [1.807, 2.05) is 12.1 Å². The van der Waals surface area contributed by atoms with Crippen LogP contribution in [0.3, 0.4) is 0 Å². The maximum absolute atomic E-state index is 13.1. The number of aryl methyl sites for hydroxylation is 3. The first-order valence-electron chi connectivity index (χ1n) is 10.00. The number of fused-ring (bicyclic) bond motifs is 3. The monoisotopic (exact) mass is 496 g/mol. The lowest BCUT2D eigenvalue weighted by Gasteiger charge is -2.23. The highest BCUT2D eigenvalue weighted by Gasteiger charge is 2.31. The Morgan fingerprint density at radius 1 is 1.28 bits per heavy atom. The molecule has 1 fully saturated rings. The molecule has 6 heteroatoms. The van der Waals surface area contributed by atoms with Gasteiger partial charge in [0.1, 0.15) is 11.6 Å². The molecule has 0 N–H and O–H groups in total. The van der Waals surface area contributed by atoms with Crippen molar-refractivity contribution in [2.75, 3.05) is 4.90 Å². The Hall–Kier alpha value is -2.40. The number of carbonyl (C=O) groups is 1. The van der Waals surface area contributed by atoms with Gasteiger partial charge in [-0.1, -0.05) is 5.92 Å². The lowest BCUT2D eigenvalue weighted by molar-refractivity contribution is -0.112. The van der Waals surface area contributed by atoms with Gasteiger partial charge in [-0.3, -0.25) is 9.69 Å². The van der Waals surface area contributed by atoms with Crippen LogP contribution < -0.4 is 4.90 Å². The summed E-state index contributed by atoms with van der Waals surface area (Å²) >= 11 is 2.37. The maximum Gasteiger partial charge on any atom is 0.308 e. The third kappa shape index (κ3) is 3.21. The quantitative estimate of drug-likeness (QED) is 0.385. The van der Waals surface area contributed by atoms with Gasteiger partial charge in [-0.2, -0.15) is 0 Å². The zero-order chi connectivity index (χ0) is 20.1. The number of hydrogen-bond acceptors (Lipinski definition) is 3. The first-order chi connectivity index (χ1) is 14.1. The van der Waals surface area contributed by atoms with Gasteiger partial charge in [0.25, 0.3) is 0 Å². The van der Waals surface area contributed by atoms with Gasteiger partial charge in [-0.25, -0.2) is 9.97 Å². The van der Waals surface area contributed by atoms with Crippen LogP contribution in [-0.4, -0.2) is 20.4 Å². The Kier molecular flexibility index (Phi) is 4.58. The zero-order valence-corrected chi connectivity index (χ0v) is 18.7. The van der Waals surface area contributed by atoms with E-state index in [2.05, 4.69) is 58.1 Å². The number of imidazole rings is 1. The summed E-state index contributed by atoms with van der Waals surface area (Å²) < 4.78 is 3.45. The predicted molar refractivity (Wildman–Crippen MR) is 122 cm³/mol. The zero-order valence-electron chi connectivity index (χ0n) is 16.5. The summed E-state index contributed by atoms with van der Waals surface area (Å²) in [4.78, 5) is 24.3. The molecular weight excluding hydrogens is 475 g/mol. The van der Waals surface area contributed by atoms with E-state index in [0.717, 1.165) is 54.8 Å². The number of anilines is 2. The highest BCUT2D eigenvalue weighted by molar-refractivity contribution is 14.1. The van der Waals surface area contributed by atoms with Crippen molar-refractivity contribution in [3.8, 4) is 11.8 Å². The number of aromatic nitrogens is 3. The molecule has 0 atom stereocenters. The molecule has 1 aliphatic carbocycles. The topological polar surface area (TPSA) is 51.0 Å². The Morgan fingerprint density at radius 3 is 2.86 bits per heavy atom. The molecule has 2 aromatic heterocycles. The molecule has 0 spiro atoms. The van der Waals surface area contributed by atoms with Crippen LogP contribution in [0, 0.1) is 22.3 Å². The van der Waals surface area contributed by atoms with E-state index in [0.29, 0.717) is 17.4 Å². The smallest absolute Gasteiger partial charge is 0.308 e. The van der Waals surface area contributed by atoms with Gasteiger partial charge in [-0.05, 0) is 103 Å². The number of benzene rings is 1. The fourth-order valence-corrected chi connectivity index (χ4v) is 4.59. The number of carbonyl (C=O) groups excluding carboxylic acids is 1. The predicted octanol–water partition coefficient (Wildman–Crippen LogP) is 4.86. The molecule has 1 aromatic carbocycles. The second-order valence-electron chi connectivity index (χ2n) is 7.75. The van der Waals surface area contributed by atoms with Crippen LogP contribution in [0.4, 0.5) is 11.5 Å². The summed E-state index contributed by atoms with van der Waals surface area (Å²) in [6, 6.07) is 8.28. The summed E-state index contributed by atoms with van der Waals surface area (Å²) in [5.41, 5.74) is 5.00. The molecule has 29 heavy (non-hydrogen) atoms. The van der Waals surface area contributed by atoms with Gasteiger partial charge in [0.2, 0.25) is 0 Å². The highest BCUT2D eigenvalue weighted by atomic mass is 127. The number of amides is 1. The Balaban J connectivity index is 1.69. The van der Waals surface area contributed by atoms with E-state index in [4.69, 9.17) is 9.97 Å². The molecule has 0 radical (unpaired) electrons. The van der Waals surface area contributed by atoms with E-state index >= 15 is 0 Å². The van der Waals surface area contributed by atoms with Crippen molar-refractivity contribution in [3.05, 3.63) is 44.8 Å². The van der Waals surface area contributed by atoms with E-state index in [9.17, 15) is 4.79 Å². The minimum atomic E-state index is -0.256. The molecule has 5 nitrogen and oxygen atoms in total. The van der Waals surface area contributed by atoms with Crippen LogP contribution in [-0.2, 0) is 17.8 Å². The first kappa shape index (κ1) is 18.6. The second-order valence-corrected chi connectivity index (χ2v) is 8.91. The van der Waals surface area contributed by atoms with Crippen LogP contribution in [0.25, 0.3) is 11.2 Å². The molecule has 3 heterocycles. The van der Waals surface area contributed by atoms with Crippen LogP contribution in [0.1, 0.15) is 49.1 Å². The molecule has 0 unspecified atom stereocenters. The van der Waals surface area contributed by atoms with Gasteiger partial charge in [0, 0.05) is 16.5 Å². The lowest BCUT2D eigenvalue weighted by Crippen LogP contribution is -2.26. The van der Waals surface area contributed by atoms with Gasteiger partial charge in [0.05, 0.1) is 11.2 Å². The summed E-state index contributed by atoms with van der Waals surface area (Å²) in [6.45, 7) is 4.75. The lowest BCUT2D eigenvalue weighted by atomic mass is 10.0. The largest absolute Gasteiger partial charge is 0.327 e. The summed E-state index contributed by atoms with van der Waals surface area (Å²) in [5.74, 6) is 7.39. The third-order valence-corrected chi connectivity index (χ3v) is 6.85. The maximum atomic E-state index is 13.1. The molecule has 1 amide bonds. The van der Waals surface area contributed by atoms with Crippen LogP contribution in [0.2, 0.25) is 0 Å². The van der Waals surface area contributed by atoms with Gasteiger partial charge in [0.15, 0.2) is 5.65 Å². The van der Waals surface area contributed by atoms with Gasteiger partial charge >= 0.3 is 5.91 Å². The summed E-state index contributed by atoms with van der Waals surface area (Å²) in [7, 11) is 0. The van der Waals surface area contributed by atoms with Crippen molar-refractivity contribution < 1.29 is 4.79 Å². The number of nitrogens with zero attached hydrogens (tertiary/aromatic N) is 4. The van der Waals surface area contributed by atoms with E-state index in [-0.39, 0.29) is 5.91 Å². The molecule has 1 saturated carbocycles. The third-order valence-electron chi connectivity index (χ3n) is 5.69. The Labute approximate surface area is 183 Å². The molecular formula is C23H21IN4O. The van der Waals surface area contributed by atoms with E-state index < -0.39 is 0 Å².